The van der Waals surface area contributed by atoms with Crippen LogP contribution in [0.25, 0.3) is 11.0 Å². The van der Waals surface area contributed by atoms with Crippen LogP contribution in [0.5, 0.6) is 0 Å². The summed E-state index contributed by atoms with van der Waals surface area (Å²) in [6.45, 7) is 4.19. The van der Waals surface area contributed by atoms with Crippen LogP contribution in [0.2, 0.25) is 0 Å². The number of aryl methyl sites for hydroxylation is 2. The zero-order chi connectivity index (χ0) is 24.4. The summed E-state index contributed by atoms with van der Waals surface area (Å²) in [4.78, 5) is 36.6. The minimum absolute atomic E-state index is 0.00315. The van der Waals surface area contributed by atoms with E-state index in [0.29, 0.717) is 44.6 Å². The summed E-state index contributed by atoms with van der Waals surface area (Å²) < 4.78 is 4.12. The van der Waals surface area contributed by atoms with Gasteiger partial charge in [-0.15, -0.1) is 0 Å². The SMILES string of the molecule is Cc1nccn1Cc1cccc(C(=O)N2CCC(C(=O)NCCc3nc4ccccc4n3C)C2)c1. The van der Waals surface area contributed by atoms with Crippen LogP contribution in [0.15, 0.2) is 60.9 Å². The minimum Gasteiger partial charge on any atom is -0.355 e. The third kappa shape index (κ3) is 4.82. The second-order valence-electron chi connectivity index (χ2n) is 9.16. The van der Waals surface area contributed by atoms with E-state index in [9.17, 15) is 9.59 Å². The average Bonchev–Trinajstić information content (AvgIpc) is 3.59. The fourth-order valence-electron chi connectivity index (χ4n) is 4.77. The molecule has 2 amide bonds. The number of nitrogens with zero attached hydrogens (tertiary/aromatic N) is 5. The molecule has 180 valence electrons. The zero-order valence-electron chi connectivity index (χ0n) is 20.1. The van der Waals surface area contributed by atoms with Gasteiger partial charge < -0.3 is 19.4 Å². The molecule has 4 aromatic rings. The zero-order valence-corrected chi connectivity index (χ0v) is 20.1. The molecule has 0 bridgehead atoms. The number of benzene rings is 2. The number of carbonyl (C=O) groups excluding carboxylic acids is 2. The van der Waals surface area contributed by atoms with Gasteiger partial charge in [-0.3, -0.25) is 9.59 Å². The van der Waals surface area contributed by atoms with E-state index in [4.69, 9.17) is 0 Å². The Morgan fingerprint density at radius 3 is 2.80 bits per heavy atom. The van der Waals surface area contributed by atoms with Crippen LogP contribution in [0.1, 0.15) is 34.0 Å². The molecule has 1 unspecified atom stereocenters. The predicted molar refractivity (Wildman–Crippen MR) is 134 cm³/mol. The largest absolute Gasteiger partial charge is 0.355 e. The van der Waals surface area contributed by atoms with Gasteiger partial charge in [0.15, 0.2) is 0 Å². The maximum Gasteiger partial charge on any atom is 0.253 e. The number of rotatable bonds is 7. The third-order valence-electron chi connectivity index (χ3n) is 6.82. The molecule has 1 aliphatic rings. The number of fused-ring (bicyclic) bond motifs is 1. The second-order valence-corrected chi connectivity index (χ2v) is 9.16. The first-order valence-electron chi connectivity index (χ1n) is 12.0. The van der Waals surface area contributed by atoms with E-state index >= 15 is 0 Å². The van der Waals surface area contributed by atoms with Crippen LogP contribution in [0.3, 0.4) is 0 Å². The van der Waals surface area contributed by atoms with Gasteiger partial charge in [-0.05, 0) is 43.2 Å². The topological polar surface area (TPSA) is 85.1 Å². The summed E-state index contributed by atoms with van der Waals surface area (Å²) in [7, 11) is 2.00. The van der Waals surface area contributed by atoms with E-state index in [1.54, 1.807) is 11.1 Å². The number of nitrogens with one attached hydrogen (secondary N) is 1. The van der Waals surface area contributed by atoms with Crippen molar-refractivity contribution >= 4 is 22.8 Å². The van der Waals surface area contributed by atoms with Crippen molar-refractivity contribution in [3.8, 4) is 0 Å². The highest BCUT2D eigenvalue weighted by Gasteiger charge is 2.31. The van der Waals surface area contributed by atoms with Crippen molar-refractivity contribution < 1.29 is 9.59 Å². The molecule has 0 saturated carbocycles. The number of para-hydroxylation sites is 2. The van der Waals surface area contributed by atoms with Crippen molar-refractivity contribution in [1.29, 1.82) is 0 Å². The van der Waals surface area contributed by atoms with Gasteiger partial charge in [0.2, 0.25) is 5.91 Å². The summed E-state index contributed by atoms with van der Waals surface area (Å²) >= 11 is 0. The summed E-state index contributed by atoms with van der Waals surface area (Å²) in [5.74, 6) is 1.68. The van der Waals surface area contributed by atoms with Crippen molar-refractivity contribution in [3.63, 3.8) is 0 Å². The molecule has 5 rings (SSSR count). The second kappa shape index (κ2) is 9.74. The molecular formula is C27H30N6O2. The molecule has 8 nitrogen and oxygen atoms in total. The quantitative estimate of drug-likeness (QED) is 0.450. The van der Waals surface area contributed by atoms with Gasteiger partial charge in [-0.1, -0.05) is 24.3 Å². The summed E-state index contributed by atoms with van der Waals surface area (Å²) in [6.07, 6.45) is 5.05. The first-order chi connectivity index (χ1) is 17.0. The Morgan fingerprint density at radius 1 is 1.14 bits per heavy atom. The van der Waals surface area contributed by atoms with Crippen molar-refractivity contribution in [1.82, 2.24) is 29.3 Å². The van der Waals surface area contributed by atoms with E-state index in [-0.39, 0.29) is 17.7 Å². The Kier molecular flexibility index (Phi) is 6.35. The van der Waals surface area contributed by atoms with Crippen molar-refractivity contribution in [2.45, 2.75) is 26.3 Å². The lowest BCUT2D eigenvalue weighted by molar-refractivity contribution is -0.124. The van der Waals surface area contributed by atoms with Gasteiger partial charge in [-0.25, -0.2) is 9.97 Å². The number of amides is 2. The standard InChI is InChI=1S/C27H30N6O2/c1-19-28-13-15-32(19)17-20-6-5-7-21(16-20)27(35)33-14-11-22(18-33)26(34)29-12-10-25-30-23-8-3-4-9-24(23)31(25)2/h3-9,13,15-16,22H,10-12,14,17-18H2,1-2H3,(H,29,34). The highest BCUT2D eigenvalue weighted by atomic mass is 16.2. The van der Waals surface area contributed by atoms with Crippen molar-refractivity contribution in [3.05, 3.63) is 83.7 Å². The van der Waals surface area contributed by atoms with Crippen molar-refractivity contribution in [2.75, 3.05) is 19.6 Å². The lowest BCUT2D eigenvalue weighted by Crippen LogP contribution is -2.35. The Labute approximate surface area is 204 Å². The van der Waals surface area contributed by atoms with E-state index in [2.05, 4.69) is 19.9 Å². The molecule has 0 aliphatic carbocycles. The van der Waals surface area contributed by atoms with E-state index in [1.807, 2.05) is 73.3 Å². The van der Waals surface area contributed by atoms with Crippen molar-refractivity contribution in [2.24, 2.45) is 13.0 Å². The molecule has 35 heavy (non-hydrogen) atoms. The maximum absolute atomic E-state index is 13.1. The Morgan fingerprint density at radius 2 is 2.00 bits per heavy atom. The van der Waals surface area contributed by atoms with Gasteiger partial charge in [0.05, 0.1) is 17.0 Å². The van der Waals surface area contributed by atoms with E-state index in [1.165, 1.54) is 0 Å². The molecule has 1 N–H and O–H groups in total. The lowest BCUT2D eigenvalue weighted by atomic mass is 10.1. The predicted octanol–water partition coefficient (Wildman–Crippen LogP) is 2.95. The monoisotopic (exact) mass is 470 g/mol. The molecule has 1 saturated heterocycles. The van der Waals surface area contributed by atoms with E-state index in [0.717, 1.165) is 28.2 Å². The first-order valence-corrected chi connectivity index (χ1v) is 12.0. The molecule has 0 radical (unpaired) electrons. The fraction of sp³-hybridized carbons (Fsp3) is 0.333. The highest BCUT2D eigenvalue weighted by Crippen LogP contribution is 2.20. The number of imidazole rings is 2. The summed E-state index contributed by atoms with van der Waals surface area (Å²) in [6, 6.07) is 15.7. The van der Waals surface area contributed by atoms with Gasteiger partial charge in [0.1, 0.15) is 11.6 Å². The smallest absolute Gasteiger partial charge is 0.253 e. The fourth-order valence-corrected chi connectivity index (χ4v) is 4.77. The Bertz CT molecular complexity index is 1370. The molecule has 2 aromatic heterocycles. The molecule has 1 aliphatic heterocycles. The van der Waals surface area contributed by atoms with Gasteiger partial charge in [-0.2, -0.15) is 0 Å². The lowest BCUT2D eigenvalue weighted by Gasteiger charge is -2.17. The molecular weight excluding hydrogens is 440 g/mol. The first kappa shape index (κ1) is 22.8. The van der Waals surface area contributed by atoms with Crippen LogP contribution in [0.4, 0.5) is 0 Å². The highest BCUT2D eigenvalue weighted by molar-refractivity contribution is 5.95. The normalized spacial score (nSPS) is 15.6. The van der Waals surface area contributed by atoms with Crippen LogP contribution < -0.4 is 5.32 Å². The molecule has 1 fully saturated rings. The number of likely N-dealkylation sites (tertiary alicyclic amines) is 1. The number of hydrogen-bond donors (Lipinski definition) is 1. The van der Waals surface area contributed by atoms with Crippen LogP contribution >= 0.6 is 0 Å². The van der Waals surface area contributed by atoms with Crippen LogP contribution in [-0.2, 0) is 24.8 Å². The molecule has 3 heterocycles. The third-order valence-corrected chi connectivity index (χ3v) is 6.82. The minimum atomic E-state index is -0.184. The van der Waals surface area contributed by atoms with Gasteiger partial charge in [0.25, 0.3) is 5.91 Å². The number of hydrogen-bond acceptors (Lipinski definition) is 4. The van der Waals surface area contributed by atoms with Crippen LogP contribution in [0, 0.1) is 12.8 Å². The number of aromatic nitrogens is 4. The van der Waals surface area contributed by atoms with Crippen LogP contribution in [-0.4, -0.2) is 55.5 Å². The Hall–Kier alpha value is -3.94. The molecule has 0 spiro atoms. The summed E-state index contributed by atoms with van der Waals surface area (Å²) in [5, 5.41) is 3.04. The van der Waals surface area contributed by atoms with E-state index < -0.39 is 0 Å². The Balaban J connectivity index is 1.15. The summed E-state index contributed by atoms with van der Waals surface area (Å²) in [5.41, 5.74) is 3.75. The molecule has 2 aromatic carbocycles. The molecule has 8 heteroatoms. The number of carbonyl (C=O) groups is 2. The molecule has 1 atom stereocenters. The maximum atomic E-state index is 13.1. The van der Waals surface area contributed by atoms with Gasteiger partial charge >= 0.3 is 0 Å². The average molecular weight is 471 g/mol. The van der Waals surface area contributed by atoms with Gasteiger partial charge in [0, 0.05) is 57.6 Å².